The van der Waals surface area contributed by atoms with E-state index in [1.54, 1.807) is 72.8 Å². The van der Waals surface area contributed by atoms with E-state index in [2.05, 4.69) is 13.2 Å². The highest BCUT2D eigenvalue weighted by atomic mass is 16.6. The van der Waals surface area contributed by atoms with Crippen molar-refractivity contribution < 1.29 is 57.1 Å². The minimum atomic E-state index is -0.465. The van der Waals surface area contributed by atoms with Gasteiger partial charge in [0.05, 0.1) is 63.0 Å². The van der Waals surface area contributed by atoms with Crippen molar-refractivity contribution >= 4 is 23.9 Å². The minimum Gasteiger partial charge on any atom is -0.494 e. The molecule has 12 nitrogen and oxygen atoms in total. The summed E-state index contributed by atoms with van der Waals surface area (Å²) in [5.41, 5.74) is 2.73. The monoisotopic (exact) mass is 848 g/mol. The second-order valence-corrected chi connectivity index (χ2v) is 14.7. The molecule has 0 bridgehead atoms. The summed E-state index contributed by atoms with van der Waals surface area (Å²) in [5, 5.41) is 0. The molecular weight excluding hydrogens is 793 g/mol. The van der Waals surface area contributed by atoms with Crippen LogP contribution in [-0.4, -0.2) is 62.5 Å². The van der Waals surface area contributed by atoms with Crippen LogP contribution in [0.1, 0.15) is 96.1 Å². The smallest absolute Gasteiger partial charge is 0.343 e. The lowest BCUT2D eigenvalue weighted by molar-refractivity contribution is -0.138. The molecule has 0 unspecified atom stereocenters. The topological polar surface area (TPSA) is 142 Å². The third kappa shape index (κ3) is 16.7. The standard InChI is InChI=1S/C50H56O12/c1-3-47(51)57-33-11-5-9-31-55-41-27-19-39(20-28-41)49(53)61-43-23-15-37(16-24-43)35-59-45-13-7-8-14-46(45)60-36-38-17-25-44(26-18-38)62-50(54)40-21-29-42(30-22-40)56-32-10-6-12-34-58-48(52)4-2/h3-4,15-30,45-46H,1-2,5-14,31-36H2/t45-,46-/m1/s1. The highest BCUT2D eigenvalue weighted by Crippen LogP contribution is 2.27. The van der Waals surface area contributed by atoms with Crippen LogP contribution >= 0.6 is 0 Å². The summed E-state index contributed by atoms with van der Waals surface area (Å²) in [6, 6.07) is 28.2. The largest absolute Gasteiger partial charge is 0.494 e. The average molecular weight is 849 g/mol. The van der Waals surface area contributed by atoms with Gasteiger partial charge in [-0.1, -0.05) is 50.3 Å². The SMILES string of the molecule is C=CC(=O)OCCCCCOc1ccc(C(=O)Oc2ccc(CO[C@@H]3CCCC[C@H]3OCc3ccc(OC(=O)c4ccc(OCCCCCOC(=O)C=C)cc4)cc3)cc2)cc1. The molecule has 0 N–H and O–H groups in total. The van der Waals surface area contributed by atoms with Crippen LogP contribution in [0.25, 0.3) is 0 Å². The van der Waals surface area contributed by atoms with Gasteiger partial charge in [-0.15, -0.1) is 0 Å². The first-order valence-electron chi connectivity index (χ1n) is 21.2. The first-order valence-corrected chi connectivity index (χ1v) is 21.2. The lowest BCUT2D eigenvalue weighted by atomic mass is 9.94. The fourth-order valence-corrected chi connectivity index (χ4v) is 6.47. The van der Waals surface area contributed by atoms with Crippen LogP contribution in [0.2, 0.25) is 0 Å². The first-order chi connectivity index (χ1) is 30.3. The van der Waals surface area contributed by atoms with Gasteiger partial charge in [-0.05, 0) is 135 Å². The van der Waals surface area contributed by atoms with Crippen molar-refractivity contribution in [2.45, 2.75) is 89.6 Å². The zero-order chi connectivity index (χ0) is 43.8. The minimum absolute atomic E-state index is 0.0558. The molecule has 4 aromatic rings. The van der Waals surface area contributed by atoms with Crippen molar-refractivity contribution in [2.75, 3.05) is 26.4 Å². The van der Waals surface area contributed by atoms with Crippen LogP contribution in [0.5, 0.6) is 23.0 Å². The van der Waals surface area contributed by atoms with Crippen LogP contribution in [0.3, 0.4) is 0 Å². The van der Waals surface area contributed by atoms with E-state index in [-0.39, 0.29) is 12.2 Å². The van der Waals surface area contributed by atoms with Crippen LogP contribution in [0.15, 0.2) is 122 Å². The maximum atomic E-state index is 12.8. The molecule has 0 amide bonds. The molecule has 4 aromatic carbocycles. The third-order valence-electron chi connectivity index (χ3n) is 9.95. The Kier molecular flexibility index (Phi) is 19.8. The Balaban J connectivity index is 0.970. The molecule has 5 rings (SSSR count). The van der Waals surface area contributed by atoms with Gasteiger partial charge in [-0.25, -0.2) is 19.2 Å². The Morgan fingerprint density at radius 1 is 0.468 bits per heavy atom. The molecule has 1 aliphatic rings. The predicted octanol–water partition coefficient (Wildman–Crippen LogP) is 9.73. The third-order valence-corrected chi connectivity index (χ3v) is 9.95. The lowest BCUT2D eigenvalue weighted by Gasteiger charge is -2.31. The number of rotatable bonds is 26. The van der Waals surface area contributed by atoms with Gasteiger partial charge in [0.1, 0.15) is 23.0 Å². The Bertz CT molecular complexity index is 1860. The molecule has 0 saturated heterocycles. The molecule has 0 heterocycles. The van der Waals surface area contributed by atoms with Gasteiger partial charge in [0, 0.05) is 12.2 Å². The van der Waals surface area contributed by atoms with Gasteiger partial charge in [0.2, 0.25) is 0 Å². The quantitative estimate of drug-likeness (QED) is 0.0257. The Hall–Kier alpha value is -6.24. The van der Waals surface area contributed by atoms with Crippen molar-refractivity contribution in [3.8, 4) is 23.0 Å². The fraction of sp³-hybridized carbons (Fsp3) is 0.360. The van der Waals surface area contributed by atoms with E-state index in [1.165, 1.54) is 0 Å². The first kappa shape index (κ1) is 46.8. The summed E-state index contributed by atoms with van der Waals surface area (Å²) < 4.78 is 45.3. The number of carbonyl (C=O) groups excluding carboxylic acids is 4. The summed E-state index contributed by atoms with van der Waals surface area (Å²) in [7, 11) is 0. The van der Waals surface area contributed by atoms with E-state index >= 15 is 0 Å². The Labute approximate surface area is 363 Å². The van der Waals surface area contributed by atoms with E-state index < -0.39 is 23.9 Å². The molecule has 12 heteroatoms. The second-order valence-electron chi connectivity index (χ2n) is 14.7. The van der Waals surface area contributed by atoms with E-state index in [1.807, 2.05) is 24.3 Å². The van der Waals surface area contributed by atoms with Crippen molar-refractivity contribution in [2.24, 2.45) is 0 Å². The number of unbranched alkanes of at least 4 members (excludes halogenated alkanes) is 4. The van der Waals surface area contributed by atoms with Crippen LogP contribution in [0, 0.1) is 0 Å². The summed E-state index contributed by atoms with van der Waals surface area (Å²) >= 11 is 0. The van der Waals surface area contributed by atoms with E-state index in [0.29, 0.717) is 73.8 Å². The number of esters is 4. The highest BCUT2D eigenvalue weighted by Gasteiger charge is 2.27. The molecule has 1 saturated carbocycles. The maximum Gasteiger partial charge on any atom is 0.343 e. The summed E-state index contributed by atoms with van der Waals surface area (Å²) in [4.78, 5) is 47.7. The van der Waals surface area contributed by atoms with E-state index in [9.17, 15) is 19.2 Å². The van der Waals surface area contributed by atoms with Crippen molar-refractivity contribution in [1.29, 1.82) is 0 Å². The summed E-state index contributed by atoms with van der Waals surface area (Å²) in [6.45, 7) is 9.29. The van der Waals surface area contributed by atoms with Gasteiger partial charge >= 0.3 is 23.9 Å². The van der Waals surface area contributed by atoms with Crippen molar-refractivity contribution in [3.63, 3.8) is 0 Å². The lowest BCUT2D eigenvalue weighted by Crippen LogP contribution is -2.34. The van der Waals surface area contributed by atoms with Crippen molar-refractivity contribution in [3.05, 3.63) is 145 Å². The van der Waals surface area contributed by atoms with Gasteiger partial charge in [0.25, 0.3) is 0 Å². The van der Waals surface area contributed by atoms with E-state index in [4.69, 9.17) is 37.9 Å². The predicted molar refractivity (Wildman–Crippen MR) is 232 cm³/mol. The number of benzene rings is 4. The highest BCUT2D eigenvalue weighted by molar-refractivity contribution is 5.91. The van der Waals surface area contributed by atoms with Crippen LogP contribution < -0.4 is 18.9 Å². The molecule has 0 radical (unpaired) electrons. The van der Waals surface area contributed by atoms with Gasteiger partial charge < -0.3 is 37.9 Å². The molecule has 1 aliphatic carbocycles. The Morgan fingerprint density at radius 3 is 1.19 bits per heavy atom. The number of ether oxygens (including phenoxy) is 8. The molecule has 0 aliphatic heterocycles. The molecule has 0 spiro atoms. The number of carbonyl (C=O) groups is 4. The molecule has 2 atom stereocenters. The maximum absolute atomic E-state index is 12.8. The normalized spacial score (nSPS) is 14.5. The average Bonchev–Trinajstić information content (AvgIpc) is 3.30. The van der Waals surface area contributed by atoms with Gasteiger partial charge in [-0.3, -0.25) is 0 Å². The van der Waals surface area contributed by atoms with E-state index in [0.717, 1.165) is 87.5 Å². The number of hydrogen-bond donors (Lipinski definition) is 0. The molecule has 1 fully saturated rings. The zero-order valence-electron chi connectivity index (χ0n) is 35.2. The summed E-state index contributed by atoms with van der Waals surface area (Å²) in [6.07, 6.45) is 11.0. The molecular formula is C50H56O12. The zero-order valence-corrected chi connectivity index (χ0v) is 35.2. The molecule has 0 aromatic heterocycles. The summed E-state index contributed by atoms with van der Waals surface area (Å²) in [5.74, 6) is 0.417. The van der Waals surface area contributed by atoms with Gasteiger partial charge in [0.15, 0.2) is 0 Å². The van der Waals surface area contributed by atoms with Gasteiger partial charge in [-0.2, -0.15) is 0 Å². The molecule has 328 valence electrons. The Morgan fingerprint density at radius 2 is 0.823 bits per heavy atom. The fourth-order valence-electron chi connectivity index (χ4n) is 6.47. The number of hydrogen-bond acceptors (Lipinski definition) is 12. The second kappa shape index (κ2) is 26.2. The van der Waals surface area contributed by atoms with Crippen molar-refractivity contribution in [1.82, 2.24) is 0 Å². The van der Waals surface area contributed by atoms with Crippen LogP contribution in [0.4, 0.5) is 0 Å². The van der Waals surface area contributed by atoms with Crippen LogP contribution in [-0.2, 0) is 41.8 Å². The molecule has 62 heavy (non-hydrogen) atoms.